The standard InChI is InChI=1S/C16H22N4O2S3/c1-11(21)17-7-5-14-20-12(10-23-14)16-19-9-13(24-16)15(22)18-6-4-8-25(2)3/h9-10H,4-8H2,1-3H3,(H-,17,18,21,22)/p+1. The summed E-state index contributed by atoms with van der Waals surface area (Å²) in [5.41, 5.74) is 0.785. The summed E-state index contributed by atoms with van der Waals surface area (Å²) in [6.07, 6.45) is 7.71. The van der Waals surface area contributed by atoms with Crippen LogP contribution in [0.3, 0.4) is 0 Å². The number of hydrogen-bond acceptors (Lipinski definition) is 6. The van der Waals surface area contributed by atoms with E-state index in [0.717, 1.165) is 27.9 Å². The fourth-order valence-corrected chi connectivity index (χ4v) is 4.39. The topological polar surface area (TPSA) is 84.0 Å². The summed E-state index contributed by atoms with van der Waals surface area (Å²) in [5, 5.41) is 9.32. The molecule has 0 atom stereocenters. The molecule has 2 rings (SSSR count). The molecule has 9 heteroatoms. The third-order valence-corrected chi connectivity index (χ3v) is 6.26. The van der Waals surface area contributed by atoms with Crippen LogP contribution in [0.4, 0.5) is 0 Å². The van der Waals surface area contributed by atoms with Crippen molar-refractivity contribution in [2.45, 2.75) is 19.8 Å². The van der Waals surface area contributed by atoms with E-state index in [0.29, 0.717) is 35.3 Å². The van der Waals surface area contributed by atoms with Crippen molar-refractivity contribution < 1.29 is 9.59 Å². The normalized spacial score (nSPS) is 10.9. The number of thiazole rings is 2. The monoisotopic (exact) mass is 399 g/mol. The first kappa shape index (κ1) is 19.9. The van der Waals surface area contributed by atoms with Crippen molar-refractivity contribution in [1.29, 1.82) is 0 Å². The van der Waals surface area contributed by atoms with E-state index >= 15 is 0 Å². The van der Waals surface area contributed by atoms with Gasteiger partial charge in [0.1, 0.15) is 21.3 Å². The number of nitrogens with zero attached hydrogens (tertiary/aromatic N) is 2. The summed E-state index contributed by atoms with van der Waals surface area (Å²) in [5.74, 6) is 1.02. The van der Waals surface area contributed by atoms with Crippen molar-refractivity contribution in [2.75, 3.05) is 31.4 Å². The fraction of sp³-hybridized carbons (Fsp3) is 0.500. The van der Waals surface area contributed by atoms with E-state index in [9.17, 15) is 9.59 Å². The minimum atomic E-state index is -0.0723. The quantitative estimate of drug-likeness (QED) is 0.499. The SMILES string of the molecule is CC(=O)NCCc1nc(-c2ncc(C(=O)NCCC[S+](C)C)s2)cs1. The second kappa shape index (κ2) is 9.88. The van der Waals surface area contributed by atoms with Crippen LogP contribution < -0.4 is 10.6 Å². The van der Waals surface area contributed by atoms with Crippen LogP contribution in [0, 0.1) is 0 Å². The highest BCUT2D eigenvalue weighted by Gasteiger charge is 2.14. The molecule has 2 aromatic rings. The molecule has 0 aromatic carbocycles. The van der Waals surface area contributed by atoms with Crippen LogP contribution in [0.1, 0.15) is 28.0 Å². The van der Waals surface area contributed by atoms with E-state index in [2.05, 4.69) is 33.1 Å². The van der Waals surface area contributed by atoms with Crippen LogP contribution in [0.5, 0.6) is 0 Å². The van der Waals surface area contributed by atoms with Crippen molar-refractivity contribution >= 4 is 45.4 Å². The second-order valence-corrected chi connectivity index (χ2v) is 10.0. The smallest absolute Gasteiger partial charge is 0.263 e. The van der Waals surface area contributed by atoms with Crippen molar-refractivity contribution in [1.82, 2.24) is 20.6 Å². The minimum absolute atomic E-state index is 0.0405. The van der Waals surface area contributed by atoms with Crippen molar-refractivity contribution in [3.05, 3.63) is 21.5 Å². The Hall–Kier alpha value is -1.45. The molecule has 0 spiro atoms. The Morgan fingerprint density at radius 2 is 2.04 bits per heavy atom. The summed E-state index contributed by atoms with van der Waals surface area (Å²) in [7, 11) is 0.410. The molecule has 0 aliphatic rings. The van der Waals surface area contributed by atoms with Gasteiger partial charge in [0.15, 0.2) is 0 Å². The Bertz CT molecular complexity index is 712. The van der Waals surface area contributed by atoms with Gasteiger partial charge < -0.3 is 10.6 Å². The maximum Gasteiger partial charge on any atom is 0.263 e. The van der Waals surface area contributed by atoms with Gasteiger partial charge in [0, 0.05) is 38.2 Å². The van der Waals surface area contributed by atoms with Gasteiger partial charge in [-0.05, 0) is 10.9 Å². The van der Waals surface area contributed by atoms with E-state index in [-0.39, 0.29) is 11.8 Å². The number of carbonyl (C=O) groups excluding carboxylic acids is 2. The Labute approximate surface area is 158 Å². The van der Waals surface area contributed by atoms with Gasteiger partial charge in [-0.15, -0.1) is 22.7 Å². The summed E-state index contributed by atoms with van der Waals surface area (Å²) < 4.78 is 0. The molecule has 0 aliphatic carbocycles. The molecular formula is C16H23N4O2S3+. The van der Waals surface area contributed by atoms with Gasteiger partial charge >= 0.3 is 0 Å². The highest BCUT2D eigenvalue weighted by Crippen LogP contribution is 2.26. The molecule has 136 valence electrons. The molecule has 0 saturated heterocycles. The molecule has 0 unspecified atom stereocenters. The van der Waals surface area contributed by atoms with Gasteiger partial charge in [-0.1, -0.05) is 0 Å². The molecule has 2 heterocycles. The zero-order valence-electron chi connectivity index (χ0n) is 14.6. The first-order valence-corrected chi connectivity index (χ1v) is 11.8. The summed E-state index contributed by atoms with van der Waals surface area (Å²) in [6, 6.07) is 0. The van der Waals surface area contributed by atoms with Crippen LogP contribution in [0.25, 0.3) is 10.7 Å². The zero-order valence-corrected chi connectivity index (χ0v) is 17.1. The van der Waals surface area contributed by atoms with Gasteiger partial charge in [-0.2, -0.15) is 0 Å². The maximum atomic E-state index is 12.1. The van der Waals surface area contributed by atoms with Crippen molar-refractivity contribution in [2.24, 2.45) is 0 Å². The fourth-order valence-electron chi connectivity index (χ4n) is 2.02. The molecule has 2 amide bonds. The van der Waals surface area contributed by atoms with Gasteiger partial charge in [0.25, 0.3) is 5.91 Å². The van der Waals surface area contributed by atoms with E-state index in [1.165, 1.54) is 29.6 Å². The van der Waals surface area contributed by atoms with Crippen molar-refractivity contribution in [3.8, 4) is 10.7 Å². The third kappa shape index (κ3) is 6.75. The first-order chi connectivity index (χ1) is 12.0. The molecule has 0 bridgehead atoms. The van der Waals surface area contributed by atoms with Crippen LogP contribution >= 0.6 is 22.7 Å². The van der Waals surface area contributed by atoms with Gasteiger partial charge in [0.05, 0.1) is 23.7 Å². The predicted molar refractivity (Wildman–Crippen MR) is 107 cm³/mol. The van der Waals surface area contributed by atoms with Gasteiger partial charge in [0.2, 0.25) is 5.91 Å². The third-order valence-electron chi connectivity index (χ3n) is 3.23. The van der Waals surface area contributed by atoms with Gasteiger partial charge in [-0.25, -0.2) is 9.97 Å². The average Bonchev–Trinajstić information content (AvgIpc) is 3.19. The van der Waals surface area contributed by atoms with Gasteiger partial charge in [-0.3, -0.25) is 9.59 Å². The highest BCUT2D eigenvalue weighted by molar-refractivity contribution is 7.95. The predicted octanol–water partition coefficient (Wildman–Crippen LogP) is 1.94. The molecule has 0 saturated carbocycles. The lowest BCUT2D eigenvalue weighted by Crippen LogP contribution is -2.25. The van der Waals surface area contributed by atoms with E-state index < -0.39 is 0 Å². The molecule has 2 N–H and O–H groups in total. The molecule has 0 radical (unpaired) electrons. The van der Waals surface area contributed by atoms with Crippen molar-refractivity contribution in [3.63, 3.8) is 0 Å². The number of nitrogens with one attached hydrogen (secondary N) is 2. The summed E-state index contributed by atoms with van der Waals surface area (Å²) >= 11 is 2.89. The van der Waals surface area contributed by atoms with E-state index in [1.807, 2.05) is 5.38 Å². The van der Waals surface area contributed by atoms with Crippen LogP contribution in [0.15, 0.2) is 11.6 Å². The summed E-state index contributed by atoms with van der Waals surface area (Å²) in [4.78, 5) is 32.5. The molecule has 0 fully saturated rings. The lowest BCUT2D eigenvalue weighted by molar-refractivity contribution is -0.118. The number of hydrogen-bond donors (Lipinski definition) is 2. The minimum Gasteiger partial charge on any atom is -0.356 e. The molecule has 25 heavy (non-hydrogen) atoms. The Balaban J connectivity index is 1.87. The second-order valence-electron chi connectivity index (χ2n) is 5.69. The molecular weight excluding hydrogens is 376 g/mol. The Kier molecular flexibility index (Phi) is 7.86. The lowest BCUT2D eigenvalue weighted by Gasteiger charge is -2.01. The Morgan fingerprint density at radius 3 is 2.76 bits per heavy atom. The van der Waals surface area contributed by atoms with Crippen LogP contribution in [-0.4, -0.2) is 53.1 Å². The summed E-state index contributed by atoms with van der Waals surface area (Å²) in [6.45, 7) is 2.77. The molecule has 6 nitrogen and oxygen atoms in total. The lowest BCUT2D eigenvalue weighted by atomic mass is 10.4. The van der Waals surface area contributed by atoms with Crippen LogP contribution in [-0.2, 0) is 22.1 Å². The number of carbonyl (C=O) groups is 2. The molecule has 0 aliphatic heterocycles. The molecule has 2 aromatic heterocycles. The highest BCUT2D eigenvalue weighted by atomic mass is 32.2. The van der Waals surface area contributed by atoms with E-state index in [4.69, 9.17) is 0 Å². The zero-order chi connectivity index (χ0) is 18.2. The van der Waals surface area contributed by atoms with Crippen LogP contribution in [0.2, 0.25) is 0 Å². The Morgan fingerprint density at radius 1 is 1.24 bits per heavy atom. The number of amides is 2. The average molecular weight is 400 g/mol. The number of rotatable bonds is 9. The van der Waals surface area contributed by atoms with E-state index in [1.54, 1.807) is 6.20 Å². The number of aromatic nitrogens is 2. The first-order valence-electron chi connectivity index (χ1n) is 7.93. The maximum absolute atomic E-state index is 12.1. The largest absolute Gasteiger partial charge is 0.356 e.